The number of nitrogens with one attached hydrogen (secondary N) is 2. The Morgan fingerprint density at radius 3 is 2.57 bits per heavy atom. The van der Waals surface area contributed by atoms with E-state index in [-0.39, 0.29) is 11.2 Å². The van der Waals surface area contributed by atoms with E-state index >= 15 is 0 Å². The molecule has 0 aliphatic carbocycles. The lowest BCUT2D eigenvalue weighted by Gasteiger charge is -2.29. The van der Waals surface area contributed by atoms with Crippen molar-refractivity contribution in [3.63, 3.8) is 0 Å². The number of hydrogen-bond acceptors (Lipinski definition) is 4. The summed E-state index contributed by atoms with van der Waals surface area (Å²) in [6.07, 6.45) is 1.51. The predicted molar refractivity (Wildman–Crippen MR) is 52.1 cm³/mol. The van der Waals surface area contributed by atoms with Crippen LogP contribution in [0.3, 0.4) is 0 Å². The maximum absolute atomic E-state index is 11.4. The van der Waals surface area contributed by atoms with Crippen LogP contribution in [0.4, 0.5) is 0 Å². The molecule has 2 N–H and O–H groups in total. The van der Waals surface area contributed by atoms with Gasteiger partial charge in [-0.1, -0.05) is 0 Å². The lowest BCUT2D eigenvalue weighted by Crippen LogP contribution is -2.53. The van der Waals surface area contributed by atoms with Crippen molar-refractivity contribution in [2.24, 2.45) is 0 Å². The van der Waals surface area contributed by atoms with Crippen LogP contribution in [0.5, 0.6) is 0 Å². The van der Waals surface area contributed by atoms with E-state index in [0.717, 1.165) is 26.2 Å². The highest BCUT2D eigenvalue weighted by Crippen LogP contribution is 1.88. The number of aromatic amines is 1. The molecule has 1 aromatic heterocycles. The summed E-state index contributed by atoms with van der Waals surface area (Å²) < 4.78 is 1.45. The standard InChI is InChI=1S/C8H12N4O2/c13-7-1-4-12(8(14)10-7)11-5-2-9-3-6-11/h1,4,9H,2-3,5-6H2,(H,10,13,14). The third-order valence-electron chi connectivity index (χ3n) is 2.20. The van der Waals surface area contributed by atoms with Gasteiger partial charge < -0.3 is 10.3 Å². The Hall–Kier alpha value is -1.56. The minimum Gasteiger partial charge on any atom is -0.313 e. The van der Waals surface area contributed by atoms with E-state index in [9.17, 15) is 9.59 Å². The van der Waals surface area contributed by atoms with Gasteiger partial charge in [-0.15, -0.1) is 0 Å². The molecule has 0 saturated carbocycles. The molecule has 1 saturated heterocycles. The predicted octanol–water partition coefficient (Wildman–Crippen LogP) is -1.92. The smallest absolute Gasteiger partial charge is 0.313 e. The van der Waals surface area contributed by atoms with Crippen molar-refractivity contribution in [3.8, 4) is 0 Å². The molecule has 2 rings (SSSR count). The summed E-state index contributed by atoms with van der Waals surface area (Å²) in [5, 5.41) is 5.08. The normalized spacial score (nSPS) is 17.0. The molecule has 1 aromatic rings. The molecule has 0 bridgehead atoms. The van der Waals surface area contributed by atoms with Crippen molar-refractivity contribution in [2.45, 2.75) is 0 Å². The summed E-state index contributed by atoms with van der Waals surface area (Å²) >= 11 is 0. The summed E-state index contributed by atoms with van der Waals surface area (Å²) in [5.74, 6) is 0. The van der Waals surface area contributed by atoms with Gasteiger partial charge in [-0.2, -0.15) is 0 Å². The van der Waals surface area contributed by atoms with Gasteiger partial charge in [0.15, 0.2) is 0 Å². The van der Waals surface area contributed by atoms with E-state index < -0.39 is 0 Å². The Labute approximate surface area is 80.1 Å². The molecule has 6 nitrogen and oxygen atoms in total. The maximum atomic E-state index is 11.4. The van der Waals surface area contributed by atoms with Crippen molar-refractivity contribution in [1.29, 1.82) is 0 Å². The molecule has 0 unspecified atom stereocenters. The van der Waals surface area contributed by atoms with Gasteiger partial charge in [0.2, 0.25) is 0 Å². The molecule has 0 aromatic carbocycles. The summed E-state index contributed by atoms with van der Waals surface area (Å²) in [4.78, 5) is 24.4. The highest BCUT2D eigenvalue weighted by Gasteiger charge is 2.10. The van der Waals surface area contributed by atoms with Crippen LogP contribution in [0, 0.1) is 0 Å². The quantitative estimate of drug-likeness (QED) is 0.549. The molecule has 6 heteroatoms. The molecule has 0 spiro atoms. The van der Waals surface area contributed by atoms with Crippen LogP contribution >= 0.6 is 0 Å². The Morgan fingerprint density at radius 1 is 1.21 bits per heavy atom. The summed E-state index contributed by atoms with van der Waals surface area (Å²) in [6.45, 7) is 3.25. The van der Waals surface area contributed by atoms with Gasteiger partial charge in [0, 0.05) is 38.4 Å². The summed E-state index contributed by atoms with van der Waals surface area (Å²) in [7, 11) is 0. The van der Waals surface area contributed by atoms with Crippen LogP contribution in [0.25, 0.3) is 0 Å². The van der Waals surface area contributed by atoms with Crippen molar-refractivity contribution >= 4 is 0 Å². The van der Waals surface area contributed by atoms with Gasteiger partial charge in [0.05, 0.1) is 0 Å². The van der Waals surface area contributed by atoms with E-state index in [1.807, 2.05) is 5.01 Å². The average molecular weight is 196 g/mol. The second kappa shape index (κ2) is 3.67. The monoisotopic (exact) mass is 196 g/mol. The third-order valence-corrected chi connectivity index (χ3v) is 2.20. The van der Waals surface area contributed by atoms with Crippen LogP contribution < -0.4 is 21.6 Å². The van der Waals surface area contributed by atoms with Crippen LogP contribution in [-0.4, -0.2) is 35.8 Å². The van der Waals surface area contributed by atoms with Crippen LogP contribution in [0.1, 0.15) is 0 Å². The van der Waals surface area contributed by atoms with Gasteiger partial charge in [-0.3, -0.25) is 9.78 Å². The fraction of sp³-hybridized carbons (Fsp3) is 0.500. The lowest BCUT2D eigenvalue weighted by molar-refractivity contribution is 0.475. The molecule has 1 aliphatic rings. The molecule has 14 heavy (non-hydrogen) atoms. The van der Waals surface area contributed by atoms with Crippen molar-refractivity contribution in [3.05, 3.63) is 33.1 Å². The minimum absolute atomic E-state index is 0.360. The first-order valence-electron chi connectivity index (χ1n) is 4.55. The van der Waals surface area contributed by atoms with E-state index in [4.69, 9.17) is 0 Å². The van der Waals surface area contributed by atoms with Crippen molar-refractivity contribution < 1.29 is 0 Å². The van der Waals surface area contributed by atoms with Gasteiger partial charge in [0.1, 0.15) is 0 Å². The molecule has 0 radical (unpaired) electrons. The number of piperazine rings is 1. The van der Waals surface area contributed by atoms with Crippen molar-refractivity contribution in [2.75, 3.05) is 31.2 Å². The van der Waals surface area contributed by atoms with Crippen molar-refractivity contribution in [1.82, 2.24) is 15.0 Å². The Morgan fingerprint density at radius 2 is 1.93 bits per heavy atom. The van der Waals surface area contributed by atoms with Gasteiger partial charge in [-0.05, 0) is 0 Å². The van der Waals surface area contributed by atoms with E-state index in [1.165, 1.54) is 16.9 Å². The Kier molecular flexibility index (Phi) is 2.36. The zero-order valence-corrected chi connectivity index (χ0v) is 7.69. The molecular formula is C8H12N4O2. The van der Waals surface area contributed by atoms with Gasteiger partial charge in [-0.25, -0.2) is 9.47 Å². The molecule has 0 amide bonds. The van der Waals surface area contributed by atoms with Crippen LogP contribution in [0.2, 0.25) is 0 Å². The zero-order valence-electron chi connectivity index (χ0n) is 7.69. The topological polar surface area (TPSA) is 70.1 Å². The second-order valence-corrected chi connectivity index (χ2v) is 3.16. The first-order valence-corrected chi connectivity index (χ1v) is 4.55. The zero-order chi connectivity index (χ0) is 9.97. The van der Waals surface area contributed by atoms with E-state index in [1.54, 1.807) is 0 Å². The fourth-order valence-electron chi connectivity index (χ4n) is 1.50. The largest absolute Gasteiger partial charge is 0.347 e. The van der Waals surface area contributed by atoms with E-state index in [0.29, 0.717) is 0 Å². The van der Waals surface area contributed by atoms with Gasteiger partial charge in [0.25, 0.3) is 5.56 Å². The highest BCUT2D eigenvalue weighted by molar-refractivity contribution is 4.94. The first kappa shape index (κ1) is 9.01. The molecule has 0 atom stereocenters. The molecule has 1 aliphatic heterocycles. The SMILES string of the molecule is O=c1ccn(N2CCNCC2)c(=O)[nH]1. The Balaban J connectivity index is 2.31. The molecular weight excluding hydrogens is 184 g/mol. The average Bonchev–Trinajstić information content (AvgIpc) is 2.19. The summed E-state index contributed by atoms with van der Waals surface area (Å²) in [5.41, 5.74) is -0.735. The Bertz CT molecular complexity index is 416. The molecule has 1 fully saturated rings. The minimum atomic E-state index is -0.376. The number of hydrogen-bond donors (Lipinski definition) is 2. The van der Waals surface area contributed by atoms with Crippen LogP contribution in [-0.2, 0) is 0 Å². The van der Waals surface area contributed by atoms with Gasteiger partial charge >= 0.3 is 5.69 Å². The summed E-state index contributed by atoms with van der Waals surface area (Å²) in [6, 6.07) is 1.35. The van der Waals surface area contributed by atoms with Crippen LogP contribution in [0.15, 0.2) is 21.9 Å². The number of aromatic nitrogens is 2. The third kappa shape index (κ3) is 1.69. The lowest BCUT2D eigenvalue weighted by atomic mass is 10.4. The molecule has 76 valence electrons. The maximum Gasteiger partial charge on any atom is 0.347 e. The molecule has 2 heterocycles. The fourth-order valence-corrected chi connectivity index (χ4v) is 1.50. The second-order valence-electron chi connectivity index (χ2n) is 3.16. The number of rotatable bonds is 1. The first-order chi connectivity index (χ1) is 6.77. The number of nitrogens with zero attached hydrogens (tertiary/aromatic N) is 2. The number of H-pyrrole nitrogens is 1. The highest BCUT2D eigenvalue weighted by atomic mass is 16.2. The van der Waals surface area contributed by atoms with E-state index in [2.05, 4.69) is 10.3 Å².